The lowest BCUT2D eigenvalue weighted by Gasteiger charge is -2.39. The lowest BCUT2D eigenvalue weighted by molar-refractivity contribution is -0.143. The molecule has 2 aliphatic heterocycles. The molecule has 2 fully saturated rings. The number of hydrogen-bond donors (Lipinski definition) is 1. The highest BCUT2D eigenvalue weighted by molar-refractivity contribution is 5.96. The van der Waals surface area contributed by atoms with E-state index in [1.54, 1.807) is 6.20 Å². The van der Waals surface area contributed by atoms with Gasteiger partial charge in [-0.15, -0.1) is 0 Å². The van der Waals surface area contributed by atoms with Crippen LogP contribution in [0.4, 0.5) is 5.69 Å². The summed E-state index contributed by atoms with van der Waals surface area (Å²) in [4.78, 5) is 17.4. The van der Waals surface area contributed by atoms with Crippen LogP contribution < -0.4 is 10.1 Å². The van der Waals surface area contributed by atoms with Crippen molar-refractivity contribution in [2.24, 2.45) is 5.41 Å². The van der Waals surface area contributed by atoms with Crippen molar-refractivity contribution in [3.8, 4) is 11.5 Å². The Balaban J connectivity index is 1.43. The van der Waals surface area contributed by atoms with Crippen molar-refractivity contribution in [1.29, 1.82) is 0 Å². The van der Waals surface area contributed by atoms with E-state index < -0.39 is 5.41 Å². The molecule has 2 aliphatic rings. The Hall–Kier alpha value is -2.44. The van der Waals surface area contributed by atoms with Gasteiger partial charge in [-0.2, -0.15) is 0 Å². The SMILES string of the molecule is Cc1ccc(Oc2ccc(NC(=O)C3(C4CCCO4)CCOCC3)cc2)cn1. The van der Waals surface area contributed by atoms with Gasteiger partial charge in [0, 0.05) is 31.2 Å². The molecule has 0 aliphatic carbocycles. The Kier molecular flexibility index (Phi) is 5.59. The zero-order valence-electron chi connectivity index (χ0n) is 16.1. The van der Waals surface area contributed by atoms with E-state index in [0.717, 1.165) is 30.8 Å². The van der Waals surface area contributed by atoms with Gasteiger partial charge in [-0.1, -0.05) is 0 Å². The van der Waals surface area contributed by atoms with E-state index in [4.69, 9.17) is 14.2 Å². The molecule has 0 bridgehead atoms. The highest BCUT2D eigenvalue weighted by Crippen LogP contribution is 2.41. The molecule has 0 spiro atoms. The number of nitrogens with zero attached hydrogens (tertiary/aromatic N) is 1. The summed E-state index contributed by atoms with van der Waals surface area (Å²) in [6.07, 6.45) is 5.02. The van der Waals surface area contributed by atoms with Crippen LogP contribution in [-0.4, -0.2) is 36.8 Å². The van der Waals surface area contributed by atoms with E-state index >= 15 is 0 Å². The van der Waals surface area contributed by atoms with Gasteiger partial charge in [0.1, 0.15) is 11.5 Å². The van der Waals surface area contributed by atoms with E-state index in [-0.39, 0.29) is 12.0 Å². The van der Waals surface area contributed by atoms with Gasteiger partial charge < -0.3 is 19.5 Å². The molecular formula is C22H26N2O4. The highest BCUT2D eigenvalue weighted by Gasteiger charge is 2.48. The van der Waals surface area contributed by atoms with Gasteiger partial charge in [0.05, 0.1) is 17.7 Å². The minimum Gasteiger partial charge on any atom is -0.456 e. The van der Waals surface area contributed by atoms with Crippen LogP contribution in [0.15, 0.2) is 42.6 Å². The summed E-state index contributed by atoms with van der Waals surface area (Å²) in [5, 5.41) is 3.09. The van der Waals surface area contributed by atoms with Crippen LogP contribution in [0.25, 0.3) is 0 Å². The average molecular weight is 382 g/mol. The molecule has 3 heterocycles. The first-order valence-corrected chi connectivity index (χ1v) is 9.87. The van der Waals surface area contributed by atoms with E-state index in [1.807, 2.05) is 43.3 Å². The Labute approximate surface area is 165 Å². The zero-order valence-corrected chi connectivity index (χ0v) is 16.1. The van der Waals surface area contributed by atoms with Crippen molar-refractivity contribution in [1.82, 2.24) is 4.98 Å². The normalized spacial score (nSPS) is 21.2. The summed E-state index contributed by atoms with van der Waals surface area (Å²) in [5.74, 6) is 1.41. The summed E-state index contributed by atoms with van der Waals surface area (Å²) in [7, 11) is 0. The topological polar surface area (TPSA) is 69.7 Å². The van der Waals surface area contributed by atoms with Crippen LogP contribution in [0.3, 0.4) is 0 Å². The van der Waals surface area contributed by atoms with E-state index in [1.165, 1.54) is 0 Å². The summed E-state index contributed by atoms with van der Waals surface area (Å²) in [5.41, 5.74) is 1.19. The average Bonchev–Trinajstić information content (AvgIpc) is 3.27. The molecule has 1 aromatic heterocycles. The zero-order chi connectivity index (χ0) is 19.4. The van der Waals surface area contributed by atoms with E-state index in [0.29, 0.717) is 37.6 Å². The first kappa shape index (κ1) is 18.9. The number of anilines is 1. The molecule has 6 heteroatoms. The molecule has 1 atom stereocenters. The Morgan fingerprint density at radius 1 is 1.11 bits per heavy atom. The number of aryl methyl sites for hydroxylation is 1. The predicted octanol–water partition coefficient (Wildman–Crippen LogP) is 4.10. The molecule has 148 valence electrons. The molecule has 1 amide bonds. The van der Waals surface area contributed by atoms with Crippen LogP contribution in [0, 0.1) is 12.3 Å². The molecule has 2 saturated heterocycles. The molecule has 1 aromatic carbocycles. The number of rotatable bonds is 5. The second-order valence-corrected chi connectivity index (χ2v) is 7.49. The van der Waals surface area contributed by atoms with Gasteiger partial charge >= 0.3 is 0 Å². The van der Waals surface area contributed by atoms with Crippen molar-refractivity contribution >= 4 is 11.6 Å². The fraction of sp³-hybridized carbons (Fsp3) is 0.455. The second kappa shape index (κ2) is 8.29. The maximum absolute atomic E-state index is 13.2. The van der Waals surface area contributed by atoms with Crippen LogP contribution in [-0.2, 0) is 14.3 Å². The Morgan fingerprint density at radius 3 is 2.50 bits per heavy atom. The molecule has 1 N–H and O–H groups in total. The molecule has 2 aromatic rings. The summed E-state index contributed by atoms with van der Waals surface area (Å²) in [6, 6.07) is 11.2. The van der Waals surface area contributed by atoms with Gasteiger partial charge in [0.15, 0.2) is 0 Å². The lowest BCUT2D eigenvalue weighted by atomic mass is 9.73. The maximum Gasteiger partial charge on any atom is 0.233 e. The third kappa shape index (κ3) is 4.03. The number of benzene rings is 1. The number of aromatic nitrogens is 1. The van der Waals surface area contributed by atoms with Crippen LogP contribution >= 0.6 is 0 Å². The second-order valence-electron chi connectivity index (χ2n) is 7.49. The number of carbonyl (C=O) groups excluding carboxylic acids is 1. The third-order valence-electron chi connectivity index (χ3n) is 5.62. The van der Waals surface area contributed by atoms with Crippen LogP contribution in [0.2, 0.25) is 0 Å². The van der Waals surface area contributed by atoms with E-state index in [2.05, 4.69) is 10.3 Å². The van der Waals surface area contributed by atoms with Gasteiger partial charge in [-0.25, -0.2) is 0 Å². The van der Waals surface area contributed by atoms with Crippen molar-refractivity contribution < 1.29 is 19.0 Å². The Bertz CT molecular complexity index is 792. The van der Waals surface area contributed by atoms with E-state index in [9.17, 15) is 4.79 Å². The molecule has 1 unspecified atom stereocenters. The maximum atomic E-state index is 13.2. The van der Waals surface area contributed by atoms with Gasteiger partial charge in [0.25, 0.3) is 0 Å². The number of pyridine rings is 1. The quantitative estimate of drug-likeness (QED) is 0.843. The van der Waals surface area contributed by atoms with Crippen molar-refractivity contribution in [3.63, 3.8) is 0 Å². The molecule has 0 radical (unpaired) electrons. The fourth-order valence-electron chi connectivity index (χ4n) is 3.96. The molecule has 28 heavy (non-hydrogen) atoms. The summed E-state index contributed by atoms with van der Waals surface area (Å²) >= 11 is 0. The minimum absolute atomic E-state index is 0.0203. The van der Waals surface area contributed by atoms with Gasteiger partial charge in [0.2, 0.25) is 5.91 Å². The van der Waals surface area contributed by atoms with Crippen molar-refractivity contribution in [2.45, 2.75) is 38.7 Å². The summed E-state index contributed by atoms with van der Waals surface area (Å²) in [6.45, 7) is 3.87. The molecule has 6 nitrogen and oxygen atoms in total. The van der Waals surface area contributed by atoms with Gasteiger partial charge in [-0.05, 0) is 69.0 Å². The monoisotopic (exact) mass is 382 g/mol. The van der Waals surface area contributed by atoms with Crippen molar-refractivity contribution in [3.05, 3.63) is 48.3 Å². The number of hydrogen-bond acceptors (Lipinski definition) is 5. The number of carbonyl (C=O) groups is 1. The predicted molar refractivity (Wildman–Crippen MR) is 106 cm³/mol. The smallest absolute Gasteiger partial charge is 0.233 e. The minimum atomic E-state index is -0.502. The number of ether oxygens (including phenoxy) is 3. The lowest BCUT2D eigenvalue weighted by Crippen LogP contribution is -2.49. The molecular weight excluding hydrogens is 356 g/mol. The van der Waals surface area contributed by atoms with Crippen LogP contribution in [0.5, 0.6) is 11.5 Å². The number of nitrogens with one attached hydrogen (secondary N) is 1. The largest absolute Gasteiger partial charge is 0.456 e. The number of amides is 1. The fourth-order valence-corrected chi connectivity index (χ4v) is 3.96. The van der Waals surface area contributed by atoms with Crippen molar-refractivity contribution in [2.75, 3.05) is 25.1 Å². The summed E-state index contributed by atoms with van der Waals surface area (Å²) < 4.78 is 17.2. The van der Waals surface area contributed by atoms with Crippen LogP contribution in [0.1, 0.15) is 31.4 Å². The Morgan fingerprint density at radius 2 is 1.86 bits per heavy atom. The molecule has 4 rings (SSSR count). The van der Waals surface area contributed by atoms with Gasteiger partial charge in [-0.3, -0.25) is 9.78 Å². The molecule has 0 saturated carbocycles. The standard InChI is InChI=1S/C22H26N2O4/c1-16-4-7-19(15-23-16)28-18-8-5-17(6-9-18)24-21(25)22(10-13-26-14-11-22)20-3-2-12-27-20/h4-9,15,20H,2-3,10-14H2,1H3,(H,24,25). The first-order valence-electron chi connectivity index (χ1n) is 9.87. The first-order chi connectivity index (χ1) is 13.7. The third-order valence-corrected chi connectivity index (χ3v) is 5.62. The highest BCUT2D eigenvalue weighted by atomic mass is 16.5.